The molecule has 4 nitrogen and oxygen atoms in total. The second-order valence-electron chi connectivity index (χ2n) is 4.85. The van der Waals surface area contributed by atoms with Gasteiger partial charge in [-0.25, -0.2) is 0 Å². The topological polar surface area (TPSA) is 54.2 Å². The predicted molar refractivity (Wildman–Crippen MR) is 76.4 cm³/mol. The summed E-state index contributed by atoms with van der Waals surface area (Å²) in [6.07, 6.45) is 1.71. The number of rotatable bonds is 5. The molecule has 1 rings (SSSR count). The van der Waals surface area contributed by atoms with Gasteiger partial charge in [-0.15, -0.1) is 0 Å². The van der Waals surface area contributed by atoms with E-state index < -0.39 is 0 Å². The van der Waals surface area contributed by atoms with Crippen LogP contribution in [0.1, 0.15) is 19.5 Å². The molecule has 0 bridgehead atoms. The Morgan fingerprint density at radius 3 is 2.71 bits per heavy atom. The molecule has 94 valence electrons. The van der Waals surface area contributed by atoms with E-state index in [0.717, 1.165) is 12.2 Å². The number of nitrogens with two attached hydrogens (primary N) is 1. The number of pyridine rings is 1. The van der Waals surface area contributed by atoms with Crippen LogP contribution in [0.5, 0.6) is 0 Å². The van der Waals surface area contributed by atoms with Gasteiger partial charge in [-0.1, -0.05) is 12.2 Å². The third kappa shape index (κ3) is 3.94. The molecule has 0 spiro atoms. The maximum Gasteiger partial charge on any atom is 0.122 e. The van der Waals surface area contributed by atoms with E-state index in [1.54, 1.807) is 6.20 Å². The highest BCUT2D eigenvalue weighted by Gasteiger charge is 2.19. The van der Waals surface area contributed by atoms with Crippen molar-refractivity contribution in [3.8, 4) is 0 Å². The predicted octanol–water partition coefficient (Wildman–Crippen LogP) is 1.47. The van der Waals surface area contributed by atoms with Gasteiger partial charge in [-0.05, 0) is 40.1 Å². The van der Waals surface area contributed by atoms with Crippen molar-refractivity contribution in [2.75, 3.05) is 26.0 Å². The van der Waals surface area contributed by atoms with Crippen LogP contribution in [0, 0.1) is 0 Å². The van der Waals surface area contributed by atoms with Crippen LogP contribution in [0.3, 0.4) is 0 Å². The van der Waals surface area contributed by atoms with Crippen molar-refractivity contribution in [1.82, 2.24) is 9.88 Å². The first-order valence-electron chi connectivity index (χ1n) is 5.50. The Bertz CT molecular complexity index is 401. The molecule has 5 heteroatoms. The molecular formula is C12H20N4S. The molecule has 1 aromatic rings. The van der Waals surface area contributed by atoms with Crippen LogP contribution in [0.25, 0.3) is 0 Å². The minimum Gasteiger partial charge on any atom is -0.388 e. The smallest absolute Gasteiger partial charge is 0.122 e. The molecule has 0 saturated carbocycles. The van der Waals surface area contributed by atoms with E-state index in [9.17, 15) is 0 Å². The molecule has 0 aliphatic carbocycles. The normalized spacial score (nSPS) is 11.6. The Balaban J connectivity index is 2.70. The third-order valence-corrected chi connectivity index (χ3v) is 3.16. The van der Waals surface area contributed by atoms with Crippen LogP contribution >= 0.6 is 12.2 Å². The molecule has 0 amide bonds. The van der Waals surface area contributed by atoms with Gasteiger partial charge in [0, 0.05) is 24.0 Å². The molecule has 0 saturated heterocycles. The zero-order chi connectivity index (χ0) is 13.1. The summed E-state index contributed by atoms with van der Waals surface area (Å²) in [7, 11) is 4.13. The van der Waals surface area contributed by atoms with E-state index in [-0.39, 0.29) is 5.54 Å². The number of hydrogen-bond donors (Lipinski definition) is 2. The molecule has 0 radical (unpaired) electrons. The SMILES string of the molecule is CN(C)C(C)(C)CNc1ccnc(C(N)=S)c1. The fourth-order valence-corrected chi connectivity index (χ4v) is 1.26. The summed E-state index contributed by atoms with van der Waals surface area (Å²) in [4.78, 5) is 6.60. The minimum absolute atomic E-state index is 0.0760. The first-order chi connectivity index (χ1) is 7.83. The largest absolute Gasteiger partial charge is 0.388 e. The maximum atomic E-state index is 5.55. The van der Waals surface area contributed by atoms with E-state index >= 15 is 0 Å². The van der Waals surface area contributed by atoms with Crippen molar-refractivity contribution in [3.05, 3.63) is 24.0 Å². The van der Waals surface area contributed by atoms with Crippen molar-refractivity contribution in [1.29, 1.82) is 0 Å². The molecule has 0 aromatic carbocycles. The lowest BCUT2D eigenvalue weighted by Crippen LogP contribution is -2.44. The molecular weight excluding hydrogens is 232 g/mol. The van der Waals surface area contributed by atoms with Crippen LogP contribution in [0.15, 0.2) is 18.3 Å². The molecule has 3 N–H and O–H groups in total. The molecule has 1 heterocycles. The second-order valence-corrected chi connectivity index (χ2v) is 5.29. The average molecular weight is 252 g/mol. The van der Waals surface area contributed by atoms with Gasteiger partial charge in [0.1, 0.15) is 4.99 Å². The van der Waals surface area contributed by atoms with Gasteiger partial charge >= 0.3 is 0 Å². The van der Waals surface area contributed by atoms with Crippen LogP contribution in [0.4, 0.5) is 5.69 Å². The van der Waals surface area contributed by atoms with Gasteiger partial charge < -0.3 is 16.0 Å². The van der Waals surface area contributed by atoms with Gasteiger partial charge in [0.05, 0.1) is 5.69 Å². The third-order valence-electron chi connectivity index (χ3n) is 2.95. The van der Waals surface area contributed by atoms with E-state index in [1.807, 2.05) is 12.1 Å². The fraction of sp³-hybridized carbons (Fsp3) is 0.500. The Labute approximate surface area is 108 Å². The van der Waals surface area contributed by atoms with Crippen molar-refractivity contribution < 1.29 is 0 Å². The van der Waals surface area contributed by atoms with E-state index in [2.05, 4.69) is 43.1 Å². The number of thiocarbonyl (C=S) groups is 1. The summed E-state index contributed by atoms with van der Waals surface area (Å²) in [5, 5.41) is 3.36. The van der Waals surface area contributed by atoms with E-state index in [0.29, 0.717) is 10.7 Å². The molecule has 0 fully saturated rings. The Kier molecular flexibility index (Phi) is 4.42. The van der Waals surface area contributed by atoms with Crippen LogP contribution in [-0.2, 0) is 0 Å². The van der Waals surface area contributed by atoms with Crippen molar-refractivity contribution >= 4 is 22.9 Å². The van der Waals surface area contributed by atoms with Crippen LogP contribution in [0.2, 0.25) is 0 Å². The highest BCUT2D eigenvalue weighted by atomic mass is 32.1. The van der Waals surface area contributed by atoms with Gasteiger partial charge in [-0.2, -0.15) is 0 Å². The van der Waals surface area contributed by atoms with Gasteiger partial charge in [0.2, 0.25) is 0 Å². The molecule has 0 aliphatic rings. The fourth-order valence-electron chi connectivity index (χ4n) is 1.15. The van der Waals surface area contributed by atoms with Crippen LogP contribution < -0.4 is 11.1 Å². The number of aromatic nitrogens is 1. The number of nitrogens with zero attached hydrogens (tertiary/aromatic N) is 2. The Morgan fingerprint density at radius 2 is 2.18 bits per heavy atom. The summed E-state index contributed by atoms with van der Waals surface area (Å²) >= 11 is 4.90. The second kappa shape index (κ2) is 5.42. The average Bonchev–Trinajstić information content (AvgIpc) is 2.26. The molecule has 1 aromatic heterocycles. The van der Waals surface area contributed by atoms with Crippen molar-refractivity contribution in [2.45, 2.75) is 19.4 Å². The quantitative estimate of drug-likeness (QED) is 0.777. The summed E-state index contributed by atoms with van der Waals surface area (Å²) < 4.78 is 0. The first kappa shape index (κ1) is 13.9. The van der Waals surface area contributed by atoms with Gasteiger partial charge in [-0.3, -0.25) is 4.98 Å². The molecule has 0 unspecified atom stereocenters. The van der Waals surface area contributed by atoms with E-state index in [1.165, 1.54) is 0 Å². The molecule has 0 aliphatic heterocycles. The number of anilines is 1. The van der Waals surface area contributed by atoms with Crippen molar-refractivity contribution in [2.24, 2.45) is 5.73 Å². The number of nitrogens with one attached hydrogen (secondary N) is 1. The lowest BCUT2D eigenvalue weighted by atomic mass is 10.0. The minimum atomic E-state index is 0.0760. The zero-order valence-electron chi connectivity index (χ0n) is 10.8. The summed E-state index contributed by atoms with van der Waals surface area (Å²) in [5.74, 6) is 0. The molecule has 17 heavy (non-hydrogen) atoms. The monoisotopic (exact) mass is 252 g/mol. The lowest BCUT2D eigenvalue weighted by molar-refractivity contribution is 0.210. The summed E-state index contributed by atoms with van der Waals surface area (Å²) in [6.45, 7) is 5.19. The maximum absolute atomic E-state index is 5.55. The standard InChI is InChI=1S/C12H20N4S/c1-12(2,16(3)4)8-15-9-5-6-14-10(7-9)11(13)17/h5-7H,8H2,1-4H3,(H2,13,17)(H,14,15). The zero-order valence-corrected chi connectivity index (χ0v) is 11.6. The molecule has 0 atom stereocenters. The van der Waals surface area contributed by atoms with Crippen molar-refractivity contribution in [3.63, 3.8) is 0 Å². The summed E-state index contributed by atoms with van der Waals surface area (Å²) in [5.41, 5.74) is 7.25. The van der Waals surface area contributed by atoms with E-state index in [4.69, 9.17) is 18.0 Å². The van der Waals surface area contributed by atoms with Crippen LogP contribution in [-0.4, -0.2) is 41.1 Å². The first-order valence-corrected chi connectivity index (χ1v) is 5.91. The summed E-state index contributed by atoms with van der Waals surface area (Å²) in [6, 6.07) is 3.78. The highest BCUT2D eigenvalue weighted by Crippen LogP contribution is 2.13. The highest BCUT2D eigenvalue weighted by molar-refractivity contribution is 7.80. The Hall–Kier alpha value is -1.20. The van der Waals surface area contributed by atoms with Gasteiger partial charge in [0.15, 0.2) is 0 Å². The number of likely N-dealkylation sites (N-methyl/N-ethyl adjacent to an activating group) is 1. The number of hydrogen-bond acceptors (Lipinski definition) is 4. The lowest BCUT2D eigenvalue weighted by Gasteiger charge is -2.33. The Morgan fingerprint density at radius 1 is 1.53 bits per heavy atom. The van der Waals surface area contributed by atoms with Gasteiger partial charge in [0.25, 0.3) is 0 Å².